The van der Waals surface area contributed by atoms with Gasteiger partial charge in [-0.1, -0.05) is 58.4 Å². The van der Waals surface area contributed by atoms with Gasteiger partial charge in [-0.05, 0) is 48.9 Å². The van der Waals surface area contributed by atoms with Gasteiger partial charge >= 0.3 is 0 Å². The van der Waals surface area contributed by atoms with Crippen molar-refractivity contribution >= 4 is 21.8 Å². The largest absolute Gasteiger partial charge is 0.381 e. The van der Waals surface area contributed by atoms with Crippen molar-refractivity contribution in [3.8, 4) is 0 Å². The van der Waals surface area contributed by atoms with Crippen LogP contribution in [-0.2, 0) is 25.1 Å². The number of ether oxygens (including phenoxy) is 2. The topological polar surface area (TPSA) is 47.6 Å². The molecule has 1 amide bonds. The second kappa shape index (κ2) is 8.99. The number of carbonyl (C=O) groups is 1. The molecule has 0 aliphatic carbocycles. The van der Waals surface area contributed by atoms with Gasteiger partial charge in [-0.15, -0.1) is 0 Å². The first kappa shape index (κ1) is 20.6. The Morgan fingerprint density at radius 3 is 2.03 bits per heavy atom. The summed E-state index contributed by atoms with van der Waals surface area (Å²) in [5.74, 6) is 0.116. The zero-order chi connectivity index (χ0) is 20.2. The SMILES string of the molecule is O=C(NCC1(c2ccccc2)CCOCC1)C1(c2ccc(Br)cc2)CCOCC1. The monoisotopic (exact) mass is 457 g/mol. The molecule has 0 spiro atoms. The van der Waals surface area contributed by atoms with Gasteiger partial charge < -0.3 is 14.8 Å². The molecule has 0 bridgehead atoms. The highest BCUT2D eigenvalue weighted by Gasteiger charge is 2.43. The summed E-state index contributed by atoms with van der Waals surface area (Å²) in [6.45, 7) is 3.33. The Kier molecular flexibility index (Phi) is 6.38. The van der Waals surface area contributed by atoms with Gasteiger partial charge in [0.05, 0.1) is 5.41 Å². The van der Waals surface area contributed by atoms with Crippen LogP contribution in [-0.4, -0.2) is 38.9 Å². The zero-order valence-corrected chi connectivity index (χ0v) is 18.2. The lowest BCUT2D eigenvalue weighted by Gasteiger charge is -2.41. The molecule has 0 radical (unpaired) electrons. The molecule has 0 saturated carbocycles. The van der Waals surface area contributed by atoms with E-state index in [1.54, 1.807) is 0 Å². The van der Waals surface area contributed by atoms with Crippen molar-refractivity contribution in [2.24, 2.45) is 0 Å². The van der Waals surface area contributed by atoms with Crippen LogP contribution < -0.4 is 5.32 Å². The molecule has 2 heterocycles. The van der Waals surface area contributed by atoms with Gasteiger partial charge in [0.25, 0.3) is 0 Å². The number of halogens is 1. The number of nitrogens with one attached hydrogen (secondary N) is 1. The van der Waals surface area contributed by atoms with Crippen LogP contribution in [0.15, 0.2) is 59.1 Å². The molecule has 1 N–H and O–H groups in total. The van der Waals surface area contributed by atoms with Crippen LogP contribution in [0.4, 0.5) is 0 Å². The fraction of sp³-hybridized carbons (Fsp3) is 0.458. The molecular formula is C24H28BrNO3. The molecule has 0 aromatic heterocycles. The quantitative estimate of drug-likeness (QED) is 0.725. The van der Waals surface area contributed by atoms with Crippen LogP contribution in [0.25, 0.3) is 0 Å². The summed E-state index contributed by atoms with van der Waals surface area (Å²) in [5.41, 5.74) is 1.76. The molecule has 154 valence electrons. The minimum Gasteiger partial charge on any atom is -0.381 e. The molecule has 2 aromatic carbocycles. The lowest BCUT2D eigenvalue weighted by molar-refractivity contribution is -0.131. The van der Waals surface area contributed by atoms with E-state index >= 15 is 0 Å². The number of hydrogen-bond acceptors (Lipinski definition) is 3. The van der Waals surface area contributed by atoms with E-state index in [0.717, 1.165) is 36.1 Å². The predicted molar refractivity (Wildman–Crippen MR) is 117 cm³/mol. The Balaban J connectivity index is 1.57. The van der Waals surface area contributed by atoms with Crippen LogP contribution in [0.5, 0.6) is 0 Å². The van der Waals surface area contributed by atoms with E-state index in [1.165, 1.54) is 5.56 Å². The van der Waals surface area contributed by atoms with Crippen molar-refractivity contribution in [2.75, 3.05) is 33.0 Å². The van der Waals surface area contributed by atoms with E-state index in [9.17, 15) is 4.79 Å². The van der Waals surface area contributed by atoms with Crippen LogP contribution in [0.3, 0.4) is 0 Å². The Hall–Kier alpha value is -1.69. The third kappa shape index (κ3) is 4.27. The maximum absolute atomic E-state index is 13.6. The first-order chi connectivity index (χ1) is 14.1. The summed E-state index contributed by atoms with van der Waals surface area (Å²) in [6.07, 6.45) is 3.27. The second-order valence-corrected chi connectivity index (χ2v) is 9.06. The van der Waals surface area contributed by atoms with Gasteiger partial charge in [0, 0.05) is 42.9 Å². The molecule has 2 aromatic rings. The maximum Gasteiger partial charge on any atom is 0.230 e. The van der Waals surface area contributed by atoms with Gasteiger partial charge in [-0.2, -0.15) is 0 Å². The second-order valence-electron chi connectivity index (χ2n) is 8.14. The molecule has 2 saturated heterocycles. The highest BCUT2D eigenvalue weighted by Crippen LogP contribution is 2.38. The predicted octanol–water partition coefficient (Wildman–Crippen LogP) is 4.36. The maximum atomic E-state index is 13.6. The normalized spacial score (nSPS) is 20.7. The van der Waals surface area contributed by atoms with Gasteiger partial charge in [0.1, 0.15) is 0 Å². The standard InChI is InChI=1S/C24H28BrNO3/c25-21-8-6-20(7-9-21)24(12-16-29-17-13-24)22(27)26-18-23(10-14-28-15-11-23)19-4-2-1-3-5-19/h1-9H,10-18H2,(H,26,27). The fourth-order valence-electron chi connectivity index (χ4n) is 4.68. The number of rotatable bonds is 5. The van der Waals surface area contributed by atoms with Crippen LogP contribution >= 0.6 is 15.9 Å². The molecule has 4 rings (SSSR count). The Morgan fingerprint density at radius 1 is 0.828 bits per heavy atom. The molecule has 2 aliphatic rings. The smallest absolute Gasteiger partial charge is 0.230 e. The van der Waals surface area contributed by atoms with E-state index < -0.39 is 5.41 Å². The fourth-order valence-corrected chi connectivity index (χ4v) is 4.94. The molecular weight excluding hydrogens is 430 g/mol. The lowest BCUT2D eigenvalue weighted by atomic mass is 9.71. The van der Waals surface area contributed by atoms with Gasteiger partial charge in [0.2, 0.25) is 5.91 Å². The van der Waals surface area contributed by atoms with Crippen LogP contribution in [0, 0.1) is 0 Å². The van der Waals surface area contributed by atoms with Crippen molar-refractivity contribution in [3.63, 3.8) is 0 Å². The average Bonchev–Trinajstić information content (AvgIpc) is 2.79. The van der Waals surface area contributed by atoms with Crippen LogP contribution in [0.1, 0.15) is 36.8 Å². The number of carbonyl (C=O) groups excluding carboxylic acids is 1. The van der Waals surface area contributed by atoms with Crippen molar-refractivity contribution in [1.29, 1.82) is 0 Å². The summed E-state index contributed by atoms with van der Waals surface area (Å²) in [7, 11) is 0. The third-order valence-electron chi connectivity index (χ3n) is 6.60. The highest BCUT2D eigenvalue weighted by atomic mass is 79.9. The molecule has 5 heteroatoms. The summed E-state index contributed by atoms with van der Waals surface area (Å²) in [4.78, 5) is 13.6. The summed E-state index contributed by atoms with van der Waals surface area (Å²) < 4.78 is 12.3. The Labute approximate surface area is 181 Å². The van der Waals surface area contributed by atoms with Crippen molar-refractivity contribution in [2.45, 2.75) is 36.5 Å². The number of benzene rings is 2. The molecule has 0 atom stereocenters. The Morgan fingerprint density at radius 2 is 1.41 bits per heavy atom. The van der Waals surface area contributed by atoms with Crippen molar-refractivity contribution < 1.29 is 14.3 Å². The number of hydrogen-bond donors (Lipinski definition) is 1. The molecule has 0 unspecified atom stereocenters. The summed E-state index contributed by atoms with van der Waals surface area (Å²) in [6, 6.07) is 18.7. The first-order valence-corrected chi connectivity index (χ1v) is 11.2. The lowest BCUT2D eigenvalue weighted by Crippen LogP contribution is -2.52. The van der Waals surface area contributed by atoms with Gasteiger partial charge in [0.15, 0.2) is 0 Å². The van der Waals surface area contributed by atoms with E-state index in [0.29, 0.717) is 32.6 Å². The van der Waals surface area contributed by atoms with E-state index in [-0.39, 0.29) is 11.3 Å². The van der Waals surface area contributed by atoms with E-state index in [2.05, 4.69) is 57.6 Å². The molecule has 4 nitrogen and oxygen atoms in total. The van der Waals surface area contributed by atoms with Crippen molar-refractivity contribution in [1.82, 2.24) is 5.32 Å². The number of amides is 1. The van der Waals surface area contributed by atoms with E-state index in [4.69, 9.17) is 9.47 Å². The van der Waals surface area contributed by atoms with Gasteiger partial charge in [-0.3, -0.25) is 4.79 Å². The minimum absolute atomic E-state index is 0.0682. The summed E-state index contributed by atoms with van der Waals surface area (Å²) in [5, 5.41) is 3.35. The van der Waals surface area contributed by atoms with E-state index in [1.807, 2.05) is 18.2 Å². The molecule has 2 aliphatic heterocycles. The average molecular weight is 458 g/mol. The van der Waals surface area contributed by atoms with Gasteiger partial charge in [-0.25, -0.2) is 0 Å². The third-order valence-corrected chi connectivity index (χ3v) is 7.13. The first-order valence-electron chi connectivity index (χ1n) is 10.4. The van der Waals surface area contributed by atoms with Crippen molar-refractivity contribution in [3.05, 3.63) is 70.2 Å². The van der Waals surface area contributed by atoms with Crippen LogP contribution in [0.2, 0.25) is 0 Å². The molecule has 2 fully saturated rings. The minimum atomic E-state index is -0.526. The zero-order valence-electron chi connectivity index (χ0n) is 16.7. The molecule has 29 heavy (non-hydrogen) atoms. The Bertz CT molecular complexity index is 810. The highest BCUT2D eigenvalue weighted by molar-refractivity contribution is 9.10. The summed E-state index contributed by atoms with van der Waals surface area (Å²) >= 11 is 3.50.